The molecule has 0 aromatic rings. The quantitative estimate of drug-likeness (QED) is 0.194. The average Bonchev–Trinajstić information content (AvgIpc) is 2.56. The zero-order valence-corrected chi connectivity index (χ0v) is 16.1. The monoisotopic (exact) mass is 336 g/mol. The van der Waals surface area contributed by atoms with E-state index in [9.17, 15) is 9.90 Å². The van der Waals surface area contributed by atoms with E-state index < -0.39 is 11.5 Å². The van der Waals surface area contributed by atoms with Crippen LogP contribution >= 0.6 is 0 Å². The van der Waals surface area contributed by atoms with Crippen molar-refractivity contribution >= 4 is 6.29 Å². The summed E-state index contributed by atoms with van der Waals surface area (Å²) in [6.45, 7) is 11.3. The number of aldehydes is 1. The third-order valence-corrected chi connectivity index (χ3v) is 5.00. The van der Waals surface area contributed by atoms with Gasteiger partial charge in [-0.05, 0) is 31.6 Å². The van der Waals surface area contributed by atoms with E-state index in [1.165, 1.54) is 44.9 Å². The molecule has 2 heteroatoms. The van der Waals surface area contributed by atoms with Gasteiger partial charge in [-0.25, -0.2) is 0 Å². The number of unbranched alkanes of at least 4 members (excludes halogenated alkanes) is 7. The van der Waals surface area contributed by atoms with Gasteiger partial charge >= 0.3 is 0 Å². The fourth-order valence-corrected chi connectivity index (χ4v) is 3.09. The van der Waals surface area contributed by atoms with Crippen LogP contribution in [-0.2, 0) is 4.79 Å². The highest BCUT2D eigenvalue weighted by atomic mass is 16.3. The molecule has 0 aliphatic heterocycles. The Morgan fingerprint density at radius 1 is 0.833 bits per heavy atom. The lowest BCUT2D eigenvalue weighted by Crippen LogP contribution is -2.30. The number of hydrogen-bond donors (Lipinski definition) is 1. The molecule has 0 saturated heterocycles. The summed E-state index contributed by atoms with van der Waals surface area (Å²) >= 11 is 0. The van der Waals surface area contributed by atoms with E-state index in [1.807, 2.05) is 12.2 Å². The first kappa shape index (κ1) is 23.1. The number of carbonyl (C=O) groups is 1. The van der Waals surface area contributed by atoms with E-state index in [0.717, 1.165) is 44.3 Å². The molecule has 0 radical (unpaired) electrons. The Kier molecular flexibility index (Phi) is 13.9. The minimum absolute atomic E-state index is 0.505. The lowest BCUT2D eigenvalue weighted by molar-refractivity contribution is -0.120. The topological polar surface area (TPSA) is 37.3 Å². The molecule has 0 fully saturated rings. The van der Waals surface area contributed by atoms with E-state index in [4.69, 9.17) is 0 Å². The Hall–Kier alpha value is -0.890. The molecule has 0 heterocycles. The summed E-state index contributed by atoms with van der Waals surface area (Å²) in [6.07, 6.45) is 18.7. The third kappa shape index (κ3) is 11.6. The summed E-state index contributed by atoms with van der Waals surface area (Å²) in [4.78, 5) is 10.9. The first-order chi connectivity index (χ1) is 11.5. The summed E-state index contributed by atoms with van der Waals surface area (Å²) in [5.74, 6) is 0.738. The molecule has 0 rings (SSSR count). The standard InChI is InChI=1S/C22H40O2/c1-5-15-20(16-6-2)17-13-11-9-7-8-10-12-14-18-21(24)22(3,4)19-23/h5-6,19-21,24H,1-2,7-18H2,3-4H3. The number of aliphatic hydroxyl groups is 1. The second-order valence-electron chi connectivity index (χ2n) is 7.78. The molecule has 1 atom stereocenters. The molecular formula is C22H40O2. The molecule has 0 amide bonds. The first-order valence-electron chi connectivity index (χ1n) is 9.84. The maximum absolute atomic E-state index is 10.9. The van der Waals surface area contributed by atoms with Crippen molar-refractivity contribution in [1.29, 1.82) is 0 Å². The van der Waals surface area contributed by atoms with Crippen molar-refractivity contribution in [2.24, 2.45) is 11.3 Å². The van der Waals surface area contributed by atoms with Crippen molar-refractivity contribution in [1.82, 2.24) is 0 Å². The molecule has 0 saturated carbocycles. The van der Waals surface area contributed by atoms with Gasteiger partial charge in [0, 0.05) is 5.41 Å². The molecule has 2 nitrogen and oxygen atoms in total. The van der Waals surface area contributed by atoms with E-state index in [1.54, 1.807) is 13.8 Å². The fourth-order valence-electron chi connectivity index (χ4n) is 3.09. The minimum atomic E-state index is -0.602. The number of allylic oxidation sites excluding steroid dienone is 2. The molecule has 24 heavy (non-hydrogen) atoms. The Morgan fingerprint density at radius 2 is 1.25 bits per heavy atom. The second-order valence-corrected chi connectivity index (χ2v) is 7.78. The SMILES string of the molecule is C=CCC(CC=C)CCCCCCCCCCC(O)C(C)(C)C=O. The third-order valence-electron chi connectivity index (χ3n) is 5.00. The van der Waals surface area contributed by atoms with Crippen molar-refractivity contribution in [3.63, 3.8) is 0 Å². The van der Waals surface area contributed by atoms with Crippen LogP contribution < -0.4 is 0 Å². The van der Waals surface area contributed by atoms with Crippen LogP contribution in [0, 0.1) is 11.3 Å². The van der Waals surface area contributed by atoms with E-state index in [-0.39, 0.29) is 0 Å². The summed E-state index contributed by atoms with van der Waals surface area (Å²) < 4.78 is 0. The second kappa shape index (κ2) is 14.5. The Labute approximate surface area is 150 Å². The van der Waals surface area contributed by atoms with Crippen LogP contribution in [0.1, 0.15) is 90.9 Å². The molecule has 1 N–H and O–H groups in total. The summed E-state index contributed by atoms with van der Waals surface area (Å²) in [6, 6.07) is 0. The predicted octanol–water partition coefficient (Wildman–Crippen LogP) is 6.24. The Morgan fingerprint density at radius 3 is 1.67 bits per heavy atom. The van der Waals surface area contributed by atoms with Crippen molar-refractivity contribution in [2.75, 3.05) is 0 Å². The smallest absolute Gasteiger partial charge is 0.128 e. The van der Waals surface area contributed by atoms with Crippen LogP contribution in [0.25, 0.3) is 0 Å². The molecule has 0 spiro atoms. The van der Waals surface area contributed by atoms with E-state index in [0.29, 0.717) is 0 Å². The van der Waals surface area contributed by atoms with Crippen molar-refractivity contribution in [3.8, 4) is 0 Å². The highest BCUT2D eigenvalue weighted by Crippen LogP contribution is 2.23. The molecule has 0 aromatic carbocycles. The van der Waals surface area contributed by atoms with Crippen LogP contribution in [0.4, 0.5) is 0 Å². The lowest BCUT2D eigenvalue weighted by Gasteiger charge is -2.24. The zero-order chi connectivity index (χ0) is 18.3. The number of rotatable bonds is 17. The van der Waals surface area contributed by atoms with Gasteiger partial charge in [-0.2, -0.15) is 0 Å². The van der Waals surface area contributed by atoms with Crippen LogP contribution in [0.3, 0.4) is 0 Å². The van der Waals surface area contributed by atoms with Crippen LogP contribution in [0.15, 0.2) is 25.3 Å². The molecule has 0 aliphatic carbocycles. The first-order valence-corrected chi connectivity index (χ1v) is 9.84. The Balaban J connectivity index is 3.47. The maximum atomic E-state index is 10.9. The maximum Gasteiger partial charge on any atom is 0.128 e. The largest absolute Gasteiger partial charge is 0.392 e. The predicted molar refractivity (Wildman–Crippen MR) is 105 cm³/mol. The molecule has 140 valence electrons. The van der Waals surface area contributed by atoms with E-state index >= 15 is 0 Å². The number of carbonyl (C=O) groups excluding carboxylic acids is 1. The molecule has 0 aromatic heterocycles. The van der Waals surface area contributed by atoms with Gasteiger partial charge in [0.2, 0.25) is 0 Å². The summed E-state index contributed by atoms with van der Waals surface area (Å²) in [5.41, 5.74) is -0.602. The number of aliphatic hydroxyl groups excluding tert-OH is 1. The van der Waals surface area contributed by atoms with Gasteiger partial charge in [0.25, 0.3) is 0 Å². The van der Waals surface area contributed by atoms with Gasteiger partial charge in [-0.15, -0.1) is 13.2 Å². The minimum Gasteiger partial charge on any atom is -0.392 e. The van der Waals surface area contributed by atoms with Crippen molar-refractivity contribution in [3.05, 3.63) is 25.3 Å². The molecule has 1 unspecified atom stereocenters. The summed E-state index contributed by atoms with van der Waals surface area (Å²) in [5, 5.41) is 9.95. The van der Waals surface area contributed by atoms with Gasteiger partial charge < -0.3 is 9.90 Å². The van der Waals surface area contributed by atoms with Crippen molar-refractivity contribution in [2.45, 2.75) is 97.0 Å². The molecule has 0 bridgehead atoms. The van der Waals surface area contributed by atoms with Crippen LogP contribution in [0.5, 0.6) is 0 Å². The summed E-state index contributed by atoms with van der Waals surface area (Å²) in [7, 11) is 0. The van der Waals surface area contributed by atoms with Gasteiger partial charge in [0.15, 0.2) is 0 Å². The highest BCUT2D eigenvalue weighted by molar-refractivity contribution is 5.58. The van der Waals surface area contributed by atoms with E-state index in [2.05, 4.69) is 13.2 Å². The number of hydrogen-bond acceptors (Lipinski definition) is 2. The van der Waals surface area contributed by atoms with Gasteiger partial charge in [-0.3, -0.25) is 0 Å². The van der Waals surface area contributed by atoms with Crippen LogP contribution in [-0.4, -0.2) is 17.5 Å². The highest BCUT2D eigenvalue weighted by Gasteiger charge is 2.26. The molecular weight excluding hydrogens is 296 g/mol. The zero-order valence-electron chi connectivity index (χ0n) is 16.1. The Bertz CT molecular complexity index is 323. The lowest BCUT2D eigenvalue weighted by atomic mass is 9.85. The fraction of sp³-hybridized carbons (Fsp3) is 0.773. The normalized spacial score (nSPS) is 13.0. The average molecular weight is 337 g/mol. The van der Waals surface area contributed by atoms with Gasteiger partial charge in [-0.1, -0.05) is 77.4 Å². The van der Waals surface area contributed by atoms with Gasteiger partial charge in [0.1, 0.15) is 6.29 Å². The van der Waals surface area contributed by atoms with Crippen LogP contribution in [0.2, 0.25) is 0 Å². The van der Waals surface area contributed by atoms with Crippen molar-refractivity contribution < 1.29 is 9.90 Å². The van der Waals surface area contributed by atoms with Gasteiger partial charge in [0.05, 0.1) is 6.10 Å². The molecule has 0 aliphatic rings.